The van der Waals surface area contributed by atoms with Crippen LogP contribution in [0.4, 0.5) is 13.2 Å². The second kappa shape index (κ2) is 5.97. The van der Waals surface area contributed by atoms with E-state index < -0.39 is 17.6 Å². The molecule has 0 saturated heterocycles. The van der Waals surface area contributed by atoms with Gasteiger partial charge in [-0.1, -0.05) is 6.07 Å². The maximum absolute atomic E-state index is 12.1. The fraction of sp³-hybridized carbons (Fsp3) is 0.125. The van der Waals surface area contributed by atoms with Gasteiger partial charge in [0.25, 0.3) is 5.91 Å². The van der Waals surface area contributed by atoms with Gasteiger partial charge < -0.3 is 0 Å². The molecule has 7 heteroatoms. The van der Waals surface area contributed by atoms with E-state index in [2.05, 4.69) is 0 Å². The van der Waals surface area contributed by atoms with Gasteiger partial charge in [-0.25, -0.2) is 5.48 Å². The van der Waals surface area contributed by atoms with Crippen LogP contribution in [-0.4, -0.2) is 11.1 Å². The topological polar surface area (TPSA) is 49.3 Å². The molecule has 0 fully saturated rings. The van der Waals surface area contributed by atoms with E-state index in [9.17, 15) is 18.0 Å². The Morgan fingerprint density at radius 2 is 1.93 bits per heavy atom. The predicted octanol–water partition coefficient (Wildman–Crippen LogP) is -1.17. The van der Waals surface area contributed by atoms with E-state index in [0.717, 1.165) is 12.1 Å². The van der Waals surface area contributed by atoms with Crippen molar-refractivity contribution in [3.63, 3.8) is 0 Å². The standard InChI is InChI=1S/C8H6F3NO2.K/c9-8(10,11)6-3-1-2-5(4-6)7(13)12-14;/h1-4,14H,(H,12,13);/q;+1. The molecule has 1 rings (SSSR count). The van der Waals surface area contributed by atoms with Crippen LogP contribution in [-0.2, 0) is 6.18 Å². The van der Waals surface area contributed by atoms with Crippen molar-refractivity contribution >= 4 is 5.91 Å². The minimum absolute atomic E-state index is 0. The van der Waals surface area contributed by atoms with Crippen LogP contribution >= 0.6 is 0 Å². The second-order valence-electron chi connectivity index (χ2n) is 2.52. The number of nitrogens with one attached hydrogen (secondary N) is 1. The molecule has 0 aliphatic rings. The summed E-state index contributed by atoms with van der Waals surface area (Å²) in [6.45, 7) is 0. The van der Waals surface area contributed by atoms with Crippen molar-refractivity contribution in [2.45, 2.75) is 6.18 Å². The van der Waals surface area contributed by atoms with E-state index in [4.69, 9.17) is 5.21 Å². The zero-order valence-corrected chi connectivity index (χ0v) is 10.9. The molecule has 0 bridgehead atoms. The van der Waals surface area contributed by atoms with Crippen LogP contribution in [0.3, 0.4) is 0 Å². The number of rotatable bonds is 1. The average Bonchev–Trinajstić information content (AvgIpc) is 2.15. The summed E-state index contributed by atoms with van der Waals surface area (Å²) in [4.78, 5) is 10.8. The van der Waals surface area contributed by atoms with Gasteiger partial charge in [0, 0.05) is 5.56 Å². The Morgan fingerprint density at radius 1 is 1.33 bits per heavy atom. The summed E-state index contributed by atoms with van der Waals surface area (Å²) in [5.41, 5.74) is 0.0739. The first kappa shape index (κ1) is 15.1. The maximum Gasteiger partial charge on any atom is 1.00 e. The van der Waals surface area contributed by atoms with E-state index in [1.165, 1.54) is 11.5 Å². The number of benzene rings is 1. The first-order chi connectivity index (χ1) is 6.45. The molecular formula is C8H6F3KNO2+. The van der Waals surface area contributed by atoms with Crippen LogP contribution < -0.4 is 56.9 Å². The summed E-state index contributed by atoms with van der Waals surface area (Å²) in [6, 6.07) is 3.76. The van der Waals surface area contributed by atoms with Gasteiger partial charge in [0.2, 0.25) is 0 Å². The number of halogens is 3. The van der Waals surface area contributed by atoms with Gasteiger partial charge >= 0.3 is 57.6 Å². The Bertz CT molecular complexity index is 354. The fourth-order valence-electron chi connectivity index (χ4n) is 0.901. The largest absolute Gasteiger partial charge is 1.00 e. The molecule has 0 radical (unpaired) electrons. The zero-order chi connectivity index (χ0) is 10.8. The molecule has 0 unspecified atom stereocenters. The quantitative estimate of drug-likeness (QED) is 0.371. The van der Waals surface area contributed by atoms with Crippen molar-refractivity contribution in [3.8, 4) is 0 Å². The molecule has 1 aromatic rings. The number of alkyl halides is 3. The third kappa shape index (κ3) is 4.21. The Labute approximate surface area is 126 Å². The number of hydroxylamine groups is 1. The van der Waals surface area contributed by atoms with E-state index in [-0.39, 0.29) is 56.9 Å². The molecule has 0 aliphatic carbocycles. The third-order valence-corrected chi connectivity index (χ3v) is 1.55. The molecule has 1 aromatic carbocycles. The predicted molar refractivity (Wildman–Crippen MR) is 40.7 cm³/mol. The van der Waals surface area contributed by atoms with Crippen molar-refractivity contribution in [2.75, 3.05) is 0 Å². The molecule has 2 N–H and O–H groups in total. The van der Waals surface area contributed by atoms with Crippen molar-refractivity contribution in [2.24, 2.45) is 0 Å². The van der Waals surface area contributed by atoms with E-state index in [0.29, 0.717) is 6.07 Å². The van der Waals surface area contributed by atoms with Gasteiger partial charge in [0.05, 0.1) is 5.56 Å². The average molecular weight is 244 g/mol. The fourth-order valence-corrected chi connectivity index (χ4v) is 0.901. The van der Waals surface area contributed by atoms with Crippen molar-refractivity contribution in [1.82, 2.24) is 5.48 Å². The van der Waals surface area contributed by atoms with Crippen LogP contribution in [0, 0.1) is 0 Å². The SMILES string of the molecule is O=C(NO)c1cccc(C(F)(F)F)c1.[K+]. The van der Waals surface area contributed by atoms with Crippen LogP contribution in [0.15, 0.2) is 24.3 Å². The van der Waals surface area contributed by atoms with Crippen molar-refractivity contribution in [1.29, 1.82) is 0 Å². The normalized spacial score (nSPS) is 10.4. The Balaban J connectivity index is 0.00000196. The Kier molecular flexibility index (Phi) is 6.00. The van der Waals surface area contributed by atoms with Crippen molar-refractivity contribution < 1.29 is 74.6 Å². The number of carbonyl (C=O) groups is 1. The molecule has 0 spiro atoms. The summed E-state index contributed by atoms with van der Waals surface area (Å²) < 4.78 is 36.4. The zero-order valence-electron chi connectivity index (χ0n) is 7.80. The summed E-state index contributed by atoms with van der Waals surface area (Å²) in [6.07, 6.45) is -4.49. The molecule has 1 amide bonds. The molecule has 3 nitrogen and oxygen atoms in total. The van der Waals surface area contributed by atoms with Gasteiger partial charge in [-0.3, -0.25) is 10.0 Å². The van der Waals surface area contributed by atoms with E-state index in [1.807, 2.05) is 0 Å². The van der Waals surface area contributed by atoms with E-state index in [1.54, 1.807) is 0 Å². The summed E-state index contributed by atoms with van der Waals surface area (Å²) in [7, 11) is 0. The molecule has 0 atom stereocenters. The Hall–Kier alpha value is 0.0764. The van der Waals surface area contributed by atoms with Crippen LogP contribution in [0.1, 0.15) is 15.9 Å². The van der Waals surface area contributed by atoms with Gasteiger partial charge in [0.15, 0.2) is 0 Å². The van der Waals surface area contributed by atoms with E-state index >= 15 is 0 Å². The molecular weight excluding hydrogens is 238 g/mol. The summed E-state index contributed by atoms with van der Waals surface area (Å²) in [5, 5.41) is 8.20. The van der Waals surface area contributed by atoms with Crippen molar-refractivity contribution in [3.05, 3.63) is 35.4 Å². The van der Waals surface area contributed by atoms with Crippen LogP contribution in [0.5, 0.6) is 0 Å². The minimum atomic E-state index is -4.49. The molecule has 0 heterocycles. The molecule has 0 aromatic heterocycles. The first-order valence-corrected chi connectivity index (χ1v) is 3.57. The molecule has 0 saturated carbocycles. The van der Waals surface area contributed by atoms with Crippen LogP contribution in [0.25, 0.3) is 0 Å². The third-order valence-electron chi connectivity index (χ3n) is 1.55. The van der Waals surface area contributed by atoms with Gasteiger partial charge in [-0.2, -0.15) is 13.2 Å². The smallest absolute Gasteiger partial charge is 0.288 e. The van der Waals surface area contributed by atoms with Crippen LogP contribution in [0.2, 0.25) is 0 Å². The Morgan fingerprint density at radius 3 is 2.40 bits per heavy atom. The molecule has 76 valence electrons. The van der Waals surface area contributed by atoms with Gasteiger partial charge in [0.1, 0.15) is 0 Å². The number of carbonyl (C=O) groups excluding carboxylic acids is 1. The summed E-state index contributed by atoms with van der Waals surface area (Å²) in [5.74, 6) is -0.976. The first-order valence-electron chi connectivity index (χ1n) is 3.57. The number of amides is 1. The monoisotopic (exact) mass is 244 g/mol. The molecule has 0 aliphatic heterocycles. The second-order valence-corrected chi connectivity index (χ2v) is 2.52. The number of hydrogen-bond acceptors (Lipinski definition) is 2. The molecule has 15 heavy (non-hydrogen) atoms. The van der Waals surface area contributed by atoms with Gasteiger partial charge in [-0.05, 0) is 18.2 Å². The summed E-state index contributed by atoms with van der Waals surface area (Å²) >= 11 is 0. The van der Waals surface area contributed by atoms with Gasteiger partial charge in [-0.15, -0.1) is 0 Å². The maximum atomic E-state index is 12.1. The number of hydrogen-bond donors (Lipinski definition) is 2. The minimum Gasteiger partial charge on any atom is -0.288 e.